The lowest BCUT2D eigenvalue weighted by molar-refractivity contribution is -0.123. The number of nitrogens with zero attached hydrogens (tertiary/aromatic N) is 1. The molecule has 0 amide bonds. The predicted molar refractivity (Wildman–Crippen MR) is 120 cm³/mol. The maximum absolute atomic E-state index is 13.7. The van der Waals surface area contributed by atoms with Gasteiger partial charge >= 0.3 is 0 Å². The highest BCUT2D eigenvalue weighted by Crippen LogP contribution is 2.57. The van der Waals surface area contributed by atoms with Crippen LogP contribution in [-0.4, -0.2) is 43.3 Å². The number of piperidine rings is 1. The van der Waals surface area contributed by atoms with Crippen LogP contribution in [0.4, 0.5) is 0 Å². The molecular formula is C25H27NO5S. The van der Waals surface area contributed by atoms with E-state index in [1.807, 2.05) is 38.1 Å². The Bertz CT molecular complexity index is 1250. The molecule has 1 saturated heterocycles. The van der Waals surface area contributed by atoms with E-state index in [9.17, 15) is 18.3 Å². The van der Waals surface area contributed by atoms with E-state index in [1.54, 1.807) is 22.5 Å². The number of hydrogen-bond donors (Lipinski definition) is 1. The van der Waals surface area contributed by atoms with Crippen LogP contribution in [0, 0.1) is 12.8 Å². The summed E-state index contributed by atoms with van der Waals surface area (Å²) in [6, 6.07) is 10.1. The summed E-state index contributed by atoms with van der Waals surface area (Å²) in [5, 5.41) is 11.1. The van der Waals surface area contributed by atoms with E-state index in [1.165, 1.54) is 7.11 Å². The number of rotatable bonds is 3. The first-order valence-electron chi connectivity index (χ1n) is 10.9. The van der Waals surface area contributed by atoms with E-state index < -0.39 is 15.4 Å². The highest BCUT2D eigenvalue weighted by atomic mass is 32.2. The summed E-state index contributed by atoms with van der Waals surface area (Å²) < 4.78 is 34.3. The van der Waals surface area contributed by atoms with Gasteiger partial charge in [0.2, 0.25) is 10.0 Å². The number of ketones is 1. The number of carbonyl (C=O) groups is 1. The molecule has 3 aliphatic rings. The molecule has 2 bridgehead atoms. The monoisotopic (exact) mass is 453 g/mol. The third kappa shape index (κ3) is 2.87. The molecule has 1 fully saturated rings. The van der Waals surface area contributed by atoms with Crippen molar-refractivity contribution in [3.63, 3.8) is 0 Å². The lowest BCUT2D eigenvalue weighted by atomic mass is 9.55. The molecule has 1 aliphatic heterocycles. The van der Waals surface area contributed by atoms with E-state index >= 15 is 0 Å². The average Bonchev–Trinajstić information content (AvgIpc) is 2.74. The van der Waals surface area contributed by atoms with Crippen LogP contribution in [0.5, 0.6) is 11.5 Å². The normalized spacial score (nSPS) is 27.3. The van der Waals surface area contributed by atoms with Crippen LogP contribution < -0.4 is 4.74 Å². The third-order valence-electron chi connectivity index (χ3n) is 7.40. The summed E-state index contributed by atoms with van der Waals surface area (Å²) in [6.07, 6.45) is 3.09. The predicted octanol–water partition coefficient (Wildman–Crippen LogP) is 3.50. The van der Waals surface area contributed by atoms with Gasteiger partial charge in [-0.25, -0.2) is 8.42 Å². The lowest BCUT2D eigenvalue weighted by Crippen LogP contribution is -2.58. The van der Waals surface area contributed by atoms with Crippen molar-refractivity contribution in [2.75, 3.05) is 13.7 Å². The molecule has 5 rings (SSSR count). The van der Waals surface area contributed by atoms with Crippen molar-refractivity contribution in [3.05, 3.63) is 64.7 Å². The van der Waals surface area contributed by atoms with Gasteiger partial charge < -0.3 is 9.84 Å². The first-order chi connectivity index (χ1) is 15.2. The van der Waals surface area contributed by atoms with E-state index in [2.05, 4.69) is 0 Å². The van der Waals surface area contributed by atoms with Crippen LogP contribution in [0.3, 0.4) is 0 Å². The SMILES string of the molecule is COc1ccc2c(c1O)[C@@]13CCN(S(=O)(=O)c4ccc(C)cc4)C(C2)C1=CC(C)C(=O)C3. The summed E-state index contributed by atoms with van der Waals surface area (Å²) in [6.45, 7) is 4.07. The molecule has 6 nitrogen and oxygen atoms in total. The maximum Gasteiger partial charge on any atom is 0.243 e. The Morgan fingerprint density at radius 3 is 2.56 bits per heavy atom. The van der Waals surface area contributed by atoms with Crippen molar-refractivity contribution >= 4 is 15.8 Å². The van der Waals surface area contributed by atoms with Crippen LogP contribution in [0.25, 0.3) is 0 Å². The van der Waals surface area contributed by atoms with Gasteiger partial charge in [0.05, 0.1) is 18.0 Å². The Labute approximate surface area is 188 Å². The molecule has 2 aromatic rings. The molecule has 0 spiro atoms. The van der Waals surface area contributed by atoms with Crippen molar-refractivity contribution in [1.82, 2.24) is 4.31 Å². The molecule has 1 N–H and O–H groups in total. The van der Waals surface area contributed by atoms with Crippen molar-refractivity contribution in [3.8, 4) is 11.5 Å². The Balaban J connectivity index is 1.70. The molecule has 2 aliphatic carbocycles. The standard InChI is InChI=1S/C25H27NO5S/c1-15-4-7-18(8-5-15)32(29,30)26-11-10-25-14-21(27)16(2)12-19(25)20(26)13-17-6-9-22(31-3)24(28)23(17)25/h4-9,12,16,20,28H,10-11,13-14H2,1-3H3/t16?,20?,25-/m1/s1. The second kappa shape index (κ2) is 7.18. The van der Waals surface area contributed by atoms with E-state index in [0.717, 1.165) is 22.3 Å². The zero-order chi connectivity index (χ0) is 22.8. The van der Waals surface area contributed by atoms with Crippen LogP contribution in [0.2, 0.25) is 0 Å². The topological polar surface area (TPSA) is 83.9 Å². The van der Waals surface area contributed by atoms with Gasteiger partial charge in [0.1, 0.15) is 5.78 Å². The number of carbonyl (C=O) groups excluding carboxylic acids is 1. The number of aryl methyl sites for hydroxylation is 1. The van der Waals surface area contributed by atoms with E-state index in [0.29, 0.717) is 18.6 Å². The second-order valence-electron chi connectivity index (χ2n) is 9.19. The Kier molecular flexibility index (Phi) is 4.76. The minimum atomic E-state index is -3.72. The average molecular weight is 454 g/mol. The Morgan fingerprint density at radius 1 is 1.16 bits per heavy atom. The molecule has 3 atom stereocenters. The number of phenolic OH excluding ortho intramolecular Hbond substituents is 1. The van der Waals surface area contributed by atoms with Crippen molar-refractivity contribution in [2.24, 2.45) is 5.92 Å². The zero-order valence-electron chi connectivity index (χ0n) is 18.5. The summed E-state index contributed by atoms with van der Waals surface area (Å²) in [5.41, 5.74) is 2.84. The molecule has 0 saturated carbocycles. The minimum absolute atomic E-state index is 0.0616. The molecule has 2 aromatic carbocycles. The van der Waals surface area contributed by atoms with Crippen molar-refractivity contribution in [2.45, 2.75) is 49.5 Å². The van der Waals surface area contributed by atoms with E-state index in [4.69, 9.17) is 4.74 Å². The number of ether oxygens (including phenoxy) is 1. The van der Waals surface area contributed by atoms with Crippen molar-refractivity contribution < 1.29 is 23.1 Å². The highest BCUT2D eigenvalue weighted by Gasteiger charge is 2.56. The number of aromatic hydroxyl groups is 1. The van der Waals surface area contributed by atoms with Crippen LogP contribution in [0.15, 0.2) is 52.9 Å². The van der Waals surface area contributed by atoms with Crippen LogP contribution >= 0.6 is 0 Å². The van der Waals surface area contributed by atoms with Gasteiger partial charge in [0.25, 0.3) is 0 Å². The molecule has 168 valence electrons. The van der Waals surface area contributed by atoms with Gasteiger partial charge in [-0.15, -0.1) is 0 Å². The third-order valence-corrected chi connectivity index (χ3v) is 9.32. The van der Waals surface area contributed by atoms with Gasteiger partial charge in [-0.2, -0.15) is 4.31 Å². The molecule has 0 aromatic heterocycles. The van der Waals surface area contributed by atoms with Gasteiger partial charge in [-0.3, -0.25) is 4.79 Å². The lowest BCUT2D eigenvalue weighted by Gasteiger charge is -2.54. The number of hydrogen-bond acceptors (Lipinski definition) is 5. The maximum atomic E-state index is 13.7. The molecule has 2 unspecified atom stereocenters. The fourth-order valence-corrected chi connectivity index (χ4v) is 7.36. The summed E-state index contributed by atoms with van der Waals surface area (Å²) in [7, 11) is -2.21. The number of phenols is 1. The fraction of sp³-hybridized carbons (Fsp3) is 0.400. The molecule has 1 heterocycles. The molecule has 0 radical (unpaired) electrons. The van der Waals surface area contributed by atoms with Crippen LogP contribution in [0.1, 0.15) is 36.5 Å². The number of benzene rings is 2. The van der Waals surface area contributed by atoms with Crippen LogP contribution in [-0.2, 0) is 26.7 Å². The first-order valence-corrected chi connectivity index (χ1v) is 12.4. The largest absolute Gasteiger partial charge is 0.504 e. The van der Waals surface area contributed by atoms with E-state index in [-0.39, 0.29) is 41.4 Å². The number of fused-ring (bicyclic) bond motifs is 1. The second-order valence-corrected chi connectivity index (χ2v) is 11.1. The summed E-state index contributed by atoms with van der Waals surface area (Å²) in [5.74, 6) is 0.262. The van der Waals surface area contributed by atoms with Gasteiger partial charge in [-0.05, 0) is 49.1 Å². The minimum Gasteiger partial charge on any atom is -0.504 e. The number of Topliss-reactive ketones (excluding diaryl/α,β-unsaturated/α-hetero) is 1. The number of methoxy groups -OCH3 is 1. The summed E-state index contributed by atoms with van der Waals surface area (Å²) >= 11 is 0. The summed E-state index contributed by atoms with van der Waals surface area (Å²) in [4.78, 5) is 13.1. The first kappa shape index (κ1) is 21.2. The van der Waals surface area contributed by atoms with Gasteiger partial charge in [0, 0.05) is 29.9 Å². The molecule has 32 heavy (non-hydrogen) atoms. The van der Waals surface area contributed by atoms with Gasteiger partial charge in [0.15, 0.2) is 11.5 Å². The smallest absolute Gasteiger partial charge is 0.243 e. The Morgan fingerprint density at radius 2 is 1.88 bits per heavy atom. The Hall–Kier alpha value is -2.64. The highest BCUT2D eigenvalue weighted by molar-refractivity contribution is 7.89. The number of allylic oxidation sites excluding steroid dienone is 1. The number of sulfonamides is 1. The molecular weight excluding hydrogens is 426 g/mol. The zero-order valence-corrected chi connectivity index (χ0v) is 19.3. The molecule has 7 heteroatoms. The fourth-order valence-electron chi connectivity index (χ4n) is 5.75. The quantitative estimate of drug-likeness (QED) is 0.719. The van der Waals surface area contributed by atoms with Crippen molar-refractivity contribution in [1.29, 1.82) is 0 Å². The van der Waals surface area contributed by atoms with Gasteiger partial charge in [-0.1, -0.05) is 36.8 Å².